The number of sulfonamides is 1. The number of rotatable bonds is 6. The molecule has 0 spiro atoms. The number of methoxy groups -OCH3 is 1. The van der Waals surface area contributed by atoms with Gasteiger partial charge in [-0.2, -0.15) is 13.2 Å². The Morgan fingerprint density at radius 1 is 1.05 bits per heavy atom. The first-order valence-electron chi connectivity index (χ1n) is 11.7. The number of amides is 2. The number of hydrogen-bond donors (Lipinski definition) is 2. The molecular weight excluding hydrogens is 519 g/mol. The van der Waals surface area contributed by atoms with E-state index >= 15 is 0 Å². The van der Waals surface area contributed by atoms with Gasteiger partial charge in [-0.05, 0) is 65.7 Å². The first-order chi connectivity index (χ1) is 17.8. The summed E-state index contributed by atoms with van der Waals surface area (Å²) < 4.78 is 72.5. The highest BCUT2D eigenvalue weighted by Crippen LogP contribution is 2.45. The summed E-state index contributed by atoms with van der Waals surface area (Å²) in [5.74, 6) is 0.115. The Bertz CT molecular complexity index is 1470. The van der Waals surface area contributed by atoms with Crippen LogP contribution in [-0.4, -0.2) is 35.2 Å². The SMILES string of the molecule is CNS(=O)(=O)c1ccc(CNC(=O)N2CC(C)(C)c3cc(-c4ccc(OC)cc4C(F)(F)F)ccc32)cc1. The van der Waals surface area contributed by atoms with Crippen LogP contribution in [0, 0.1) is 0 Å². The Labute approximate surface area is 219 Å². The van der Waals surface area contributed by atoms with Gasteiger partial charge in [-0.3, -0.25) is 4.90 Å². The second kappa shape index (κ2) is 9.95. The second-order valence-electron chi connectivity index (χ2n) is 9.62. The average molecular weight is 548 g/mol. The summed E-state index contributed by atoms with van der Waals surface area (Å²) >= 11 is 0. The van der Waals surface area contributed by atoms with E-state index < -0.39 is 27.2 Å². The zero-order valence-corrected chi connectivity index (χ0v) is 22.1. The number of alkyl halides is 3. The molecule has 3 aromatic carbocycles. The highest BCUT2D eigenvalue weighted by atomic mass is 32.2. The fourth-order valence-corrected chi connectivity index (χ4v) is 5.27. The van der Waals surface area contributed by atoms with Crippen LogP contribution in [0.15, 0.2) is 65.6 Å². The molecule has 0 unspecified atom stereocenters. The molecule has 0 atom stereocenters. The Balaban J connectivity index is 1.58. The smallest absolute Gasteiger partial charge is 0.417 e. The summed E-state index contributed by atoms with van der Waals surface area (Å²) in [5.41, 5.74) is 1.22. The van der Waals surface area contributed by atoms with Crippen LogP contribution in [0.3, 0.4) is 0 Å². The van der Waals surface area contributed by atoms with Crippen LogP contribution in [0.2, 0.25) is 0 Å². The fraction of sp³-hybridized carbons (Fsp3) is 0.296. The molecule has 4 rings (SSSR count). The number of fused-ring (bicyclic) bond motifs is 1. The standard InChI is InChI=1S/C27H28F3N3O4S/c1-26(2)16-33(25(34)32-15-17-5-9-20(10-6-17)38(35,36)31-3)24-12-7-18(13-23(24)26)21-11-8-19(37-4)14-22(21)27(28,29)30/h5-14,31H,15-16H2,1-4H3,(H,32,34). The van der Waals surface area contributed by atoms with Crippen molar-refractivity contribution in [3.63, 3.8) is 0 Å². The summed E-state index contributed by atoms with van der Waals surface area (Å²) in [4.78, 5) is 14.8. The quantitative estimate of drug-likeness (QED) is 0.439. The molecular formula is C27H28F3N3O4S. The topological polar surface area (TPSA) is 87.7 Å². The fourth-order valence-electron chi connectivity index (χ4n) is 4.54. The van der Waals surface area contributed by atoms with Gasteiger partial charge in [0.05, 0.1) is 17.6 Å². The number of urea groups is 1. The third-order valence-corrected chi connectivity index (χ3v) is 8.03. The minimum Gasteiger partial charge on any atom is -0.497 e. The van der Waals surface area contributed by atoms with E-state index in [1.807, 2.05) is 13.8 Å². The molecule has 1 aliphatic heterocycles. The Morgan fingerprint density at radius 3 is 2.34 bits per heavy atom. The number of carbonyl (C=O) groups excluding carboxylic acids is 1. The largest absolute Gasteiger partial charge is 0.497 e. The van der Waals surface area contributed by atoms with Gasteiger partial charge >= 0.3 is 12.2 Å². The molecule has 7 nitrogen and oxygen atoms in total. The van der Waals surface area contributed by atoms with Gasteiger partial charge in [0.1, 0.15) is 5.75 Å². The lowest BCUT2D eigenvalue weighted by atomic mass is 9.85. The molecule has 11 heteroatoms. The van der Waals surface area contributed by atoms with Gasteiger partial charge in [0.2, 0.25) is 10.0 Å². The van der Waals surface area contributed by atoms with Gasteiger partial charge in [-0.25, -0.2) is 17.9 Å². The number of anilines is 1. The number of nitrogens with one attached hydrogen (secondary N) is 2. The molecule has 1 heterocycles. The van der Waals surface area contributed by atoms with Crippen LogP contribution < -0.4 is 19.7 Å². The number of ether oxygens (including phenoxy) is 1. The van der Waals surface area contributed by atoms with Crippen molar-refractivity contribution < 1.29 is 31.1 Å². The zero-order valence-electron chi connectivity index (χ0n) is 21.3. The molecule has 38 heavy (non-hydrogen) atoms. The monoisotopic (exact) mass is 547 g/mol. The molecule has 3 aromatic rings. The molecule has 0 saturated heterocycles. The molecule has 1 aliphatic rings. The lowest BCUT2D eigenvalue weighted by Crippen LogP contribution is -2.41. The number of benzene rings is 3. The second-order valence-corrected chi connectivity index (χ2v) is 11.5. The van der Waals surface area contributed by atoms with Crippen molar-refractivity contribution in [2.75, 3.05) is 25.6 Å². The minimum absolute atomic E-state index is 0.0311. The summed E-state index contributed by atoms with van der Waals surface area (Å²) in [6, 6.07) is 14.6. The van der Waals surface area contributed by atoms with Gasteiger partial charge < -0.3 is 10.1 Å². The highest BCUT2D eigenvalue weighted by Gasteiger charge is 2.39. The molecule has 0 saturated carbocycles. The molecule has 0 aliphatic carbocycles. The summed E-state index contributed by atoms with van der Waals surface area (Å²) in [7, 11) is -0.915. The lowest BCUT2D eigenvalue weighted by Gasteiger charge is -2.21. The van der Waals surface area contributed by atoms with Gasteiger partial charge in [0.15, 0.2) is 0 Å². The Hall–Kier alpha value is -3.57. The van der Waals surface area contributed by atoms with Crippen molar-refractivity contribution in [3.8, 4) is 16.9 Å². The van der Waals surface area contributed by atoms with Crippen molar-refractivity contribution in [3.05, 3.63) is 77.4 Å². The van der Waals surface area contributed by atoms with E-state index in [0.29, 0.717) is 23.4 Å². The van der Waals surface area contributed by atoms with Crippen molar-refractivity contribution >= 4 is 21.7 Å². The van der Waals surface area contributed by atoms with Crippen LogP contribution in [-0.2, 0) is 28.2 Å². The van der Waals surface area contributed by atoms with Crippen LogP contribution in [0.1, 0.15) is 30.5 Å². The maximum Gasteiger partial charge on any atom is 0.417 e. The molecule has 0 aromatic heterocycles. The van der Waals surface area contributed by atoms with E-state index in [1.54, 1.807) is 35.2 Å². The van der Waals surface area contributed by atoms with Crippen molar-refractivity contribution in [2.24, 2.45) is 0 Å². The zero-order chi connectivity index (χ0) is 27.9. The highest BCUT2D eigenvalue weighted by molar-refractivity contribution is 7.89. The van der Waals surface area contributed by atoms with Gasteiger partial charge in [-0.15, -0.1) is 0 Å². The van der Waals surface area contributed by atoms with Crippen LogP contribution in [0.5, 0.6) is 5.75 Å². The number of carbonyl (C=O) groups is 1. The van der Waals surface area contributed by atoms with Crippen molar-refractivity contribution in [2.45, 2.75) is 36.9 Å². The molecule has 202 valence electrons. The first-order valence-corrected chi connectivity index (χ1v) is 13.2. The average Bonchev–Trinajstić information content (AvgIpc) is 3.16. The predicted octanol–water partition coefficient (Wildman–Crippen LogP) is 5.30. The van der Waals surface area contributed by atoms with E-state index in [0.717, 1.165) is 11.6 Å². The molecule has 0 bridgehead atoms. The van der Waals surface area contributed by atoms with E-state index in [4.69, 9.17) is 4.74 Å². The van der Waals surface area contributed by atoms with Crippen LogP contribution in [0.25, 0.3) is 11.1 Å². The summed E-state index contributed by atoms with van der Waals surface area (Å²) in [5, 5.41) is 2.84. The van der Waals surface area contributed by atoms with E-state index in [2.05, 4.69) is 10.0 Å². The van der Waals surface area contributed by atoms with Gasteiger partial charge in [-0.1, -0.05) is 38.1 Å². The molecule has 2 N–H and O–H groups in total. The first kappa shape index (κ1) is 27.5. The number of halogens is 3. The van der Waals surface area contributed by atoms with Gasteiger partial charge in [0, 0.05) is 24.2 Å². The van der Waals surface area contributed by atoms with E-state index in [-0.39, 0.29) is 28.8 Å². The minimum atomic E-state index is -4.57. The van der Waals surface area contributed by atoms with Gasteiger partial charge in [0.25, 0.3) is 0 Å². The van der Waals surface area contributed by atoms with E-state index in [1.165, 1.54) is 38.4 Å². The Kier molecular flexibility index (Phi) is 7.19. The molecule has 0 fully saturated rings. The van der Waals surface area contributed by atoms with Crippen LogP contribution in [0.4, 0.5) is 23.7 Å². The number of hydrogen-bond acceptors (Lipinski definition) is 4. The predicted molar refractivity (Wildman–Crippen MR) is 139 cm³/mol. The van der Waals surface area contributed by atoms with Crippen LogP contribution >= 0.6 is 0 Å². The maximum absolute atomic E-state index is 13.8. The lowest BCUT2D eigenvalue weighted by molar-refractivity contribution is -0.137. The third kappa shape index (κ3) is 5.34. The molecule has 2 amide bonds. The third-order valence-electron chi connectivity index (χ3n) is 6.60. The number of nitrogens with zero attached hydrogens (tertiary/aromatic N) is 1. The van der Waals surface area contributed by atoms with Crippen molar-refractivity contribution in [1.82, 2.24) is 10.0 Å². The van der Waals surface area contributed by atoms with Crippen molar-refractivity contribution in [1.29, 1.82) is 0 Å². The Morgan fingerprint density at radius 2 is 1.74 bits per heavy atom. The van der Waals surface area contributed by atoms with E-state index in [9.17, 15) is 26.4 Å². The maximum atomic E-state index is 13.8. The summed E-state index contributed by atoms with van der Waals surface area (Å²) in [6.45, 7) is 4.38. The summed E-state index contributed by atoms with van der Waals surface area (Å²) in [6.07, 6.45) is -4.57. The normalized spacial score (nSPS) is 14.8. The molecule has 0 radical (unpaired) electrons.